The zero-order valence-electron chi connectivity index (χ0n) is 13.8. The minimum atomic E-state index is -0.554. The van der Waals surface area contributed by atoms with Gasteiger partial charge in [-0.15, -0.1) is 0 Å². The van der Waals surface area contributed by atoms with Crippen LogP contribution >= 0.6 is 0 Å². The van der Waals surface area contributed by atoms with E-state index in [-0.39, 0.29) is 17.7 Å². The Labute approximate surface area is 139 Å². The van der Waals surface area contributed by atoms with Crippen molar-refractivity contribution < 1.29 is 18.4 Å². The average molecular weight is 334 g/mol. The maximum absolute atomic E-state index is 13.8. The number of carbonyl (C=O) groups is 1. The van der Waals surface area contributed by atoms with Crippen molar-refractivity contribution in [2.45, 2.75) is 13.0 Å². The Bertz CT molecular complexity index is 749. The van der Waals surface area contributed by atoms with Gasteiger partial charge in [-0.1, -0.05) is 5.16 Å². The first-order chi connectivity index (χ1) is 11.5. The summed E-state index contributed by atoms with van der Waals surface area (Å²) < 4.78 is 24.0. The highest BCUT2D eigenvalue weighted by Gasteiger charge is 2.32. The number of amides is 1. The summed E-state index contributed by atoms with van der Waals surface area (Å²) in [7, 11) is 3.33. The van der Waals surface area contributed by atoms with Gasteiger partial charge in [-0.05, 0) is 32.2 Å². The Balaban J connectivity index is 1.79. The van der Waals surface area contributed by atoms with Gasteiger partial charge in [-0.25, -0.2) is 4.39 Å². The van der Waals surface area contributed by atoms with E-state index in [0.29, 0.717) is 36.9 Å². The molecule has 3 rings (SSSR count). The van der Waals surface area contributed by atoms with Crippen LogP contribution in [0.25, 0.3) is 0 Å². The number of aromatic nitrogens is 2. The molecule has 128 valence electrons. The summed E-state index contributed by atoms with van der Waals surface area (Å²) in [5, 5.41) is 3.81. The summed E-state index contributed by atoms with van der Waals surface area (Å²) in [6.07, 6.45) is 0. The molecule has 8 heteroatoms. The predicted octanol–water partition coefficient (Wildman–Crippen LogP) is 1.65. The van der Waals surface area contributed by atoms with Gasteiger partial charge in [0.05, 0.1) is 7.11 Å². The lowest BCUT2D eigenvalue weighted by Crippen LogP contribution is -2.49. The van der Waals surface area contributed by atoms with E-state index in [2.05, 4.69) is 15.0 Å². The maximum atomic E-state index is 13.8. The van der Waals surface area contributed by atoms with Gasteiger partial charge in [0.1, 0.15) is 6.04 Å². The van der Waals surface area contributed by atoms with Gasteiger partial charge in [-0.3, -0.25) is 9.69 Å². The van der Waals surface area contributed by atoms with Crippen molar-refractivity contribution in [2.24, 2.45) is 0 Å². The summed E-state index contributed by atoms with van der Waals surface area (Å²) >= 11 is 0. The molecule has 2 aromatic rings. The number of carbonyl (C=O) groups excluding carboxylic acids is 1. The van der Waals surface area contributed by atoms with E-state index in [0.717, 1.165) is 0 Å². The van der Waals surface area contributed by atoms with Crippen LogP contribution in [0.1, 0.15) is 28.1 Å². The van der Waals surface area contributed by atoms with Crippen LogP contribution in [-0.2, 0) is 0 Å². The predicted molar refractivity (Wildman–Crippen MR) is 83.3 cm³/mol. The van der Waals surface area contributed by atoms with Crippen molar-refractivity contribution in [2.75, 3.05) is 33.8 Å². The van der Waals surface area contributed by atoms with Crippen molar-refractivity contribution in [3.63, 3.8) is 0 Å². The molecular weight excluding hydrogens is 315 g/mol. The van der Waals surface area contributed by atoms with Gasteiger partial charge in [0.15, 0.2) is 17.4 Å². The molecule has 1 aromatic heterocycles. The number of hydrogen-bond acceptors (Lipinski definition) is 6. The Morgan fingerprint density at radius 2 is 2.21 bits per heavy atom. The average Bonchev–Trinajstić information content (AvgIpc) is 3.01. The first-order valence-corrected chi connectivity index (χ1v) is 7.63. The van der Waals surface area contributed by atoms with Crippen LogP contribution in [-0.4, -0.2) is 59.6 Å². The van der Waals surface area contributed by atoms with Crippen LogP contribution in [0.5, 0.6) is 5.75 Å². The molecule has 1 aliphatic heterocycles. The van der Waals surface area contributed by atoms with Crippen LogP contribution in [0.3, 0.4) is 0 Å². The van der Waals surface area contributed by atoms with Gasteiger partial charge >= 0.3 is 0 Å². The molecule has 1 aromatic carbocycles. The summed E-state index contributed by atoms with van der Waals surface area (Å²) in [6.45, 7) is 3.37. The van der Waals surface area contributed by atoms with Crippen LogP contribution in [0, 0.1) is 12.7 Å². The molecular formula is C16H19FN4O3. The number of nitrogens with zero attached hydrogens (tertiary/aromatic N) is 4. The molecule has 1 fully saturated rings. The zero-order chi connectivity index (χ0) is 17.3. The molecule has 0 bridgehead atoms. The van der Waals surface area contributed by atoms with Crippen LogP contribution in [0.15, 0.2) is 22.7 Å². The van der Waals surface area contributed by atoms with Gasteiger partial charge in [0, 0.05) is 25.2 Å². The van der Waals surface area contributed by atoms with E-state index in [9.17, 15) is 9.18 Å². The third kappa shape index (κ3) is 3.09. The molecule has 0 radical (unpaired) electrons. The van der Waals surface area contributed by atoms with Crippen molar-refractivity contribution in [3.05, 3.63) is 41.3 Å². The summed E-state index contributed by atoms with van der Waals surface area (Å²) in [5.41, 5.74) is 0.290. The lowest BCUT2D eigenvalue weighted by molar-refractivity contribution is 0.0488. The largest absolute Gasteiger partial charge is 0.494 e. The van der Waals surface area contributed by atoms with Crippen molar-refractivity contribution in [1.29, 1.82) is 0 Å². The minimum absolute atomic E-state index is 0.115. The van der Waals surface area contributed by atoms with Gasteiger partial charge < -0.3 is 14.2 Å². The van der Waals surface area contributed by atoms with E-state index in [1.165, 1.54) is 19.2 Å². The first kappa shape index (κ1) is 16.4. The maximum Gasteiger partial charge on any atom is 0.254 e. The highest BCUT2D eigenvalue weighted by atomic mass is 19.1. The molecule has 1 amide bonds. The lowest BCUT2D eigenvalue weighted by Gasteiger charge is -2.37. The standard InChI is InChI=1S/C16H19FN4O3/c1-10-18-15(24-19-10)13-9-21(7-6-20(13)2)16(22)11-4-5-14(23-3)12(17)8-11/h4-5,8,13H,6-7,9H2,1-3H3. The van der Waals surface area contributed by atoms with Gasteiger partial charge in [0.2, 0.25) is 5.89 Å². The second-order valence-corrected chi connectivity index (χ2v) is 5.78. The van der Waals surface area contributed by atoms with E-state index < -0.39 is 5.82 Å². The Morgan fingerprint density at radius 1 is 1.42 bits per heavy atom. The molecule has 0 saturated carbocycles. The molecule has 1 aliphatic rings. The van der Waals surface area contributed by atoms with Gasteiger partial charge in [-0.2, -0.15) is 4.98 Å². The van der Waals surface area contributed by atoms with Crippen molar-refractivity contribution in [3.8, 4) is 5.75 Å². The molecule has 0 N–H and O–H groups in total. The monoisotopic (exact) mass is 334 g/mol. The number of aryl methyl sites for hydroxylation is 1. The number of benzene rings is 1. The zero-order valence-corrected chi connectivity index (χ0v) is 13.8. The van der Waals surface area contributed by atoms with Crippen LogP contribution in [0.4, 0.5) is 4.39 Å². The van der Waals surface area contributed by atoms with E-state index in [4.69, 9.17) is 9.26 Å². The van der Waals surface area contributed by atoms with Crippen molar-refractivity contribution in [1.82, 2.24) is 19.9 Å². The number of rotatable bonds is 3. The van der Waals surface area contributed by atoms with Crippen LogP contribution in [0.2, 0.25) is 0 Å². The third-order valence-electron chi connectivity index (χ3n) is 4.16. The highest BCUT2D eigenvalue weighted by Crippen LogP contribution is 2.25. The second kappa shape index (κ2) is 6.56. The topological polar surface area (TPSA) is 71.7 Å². The molecule has 1 saturated heterocycles. The summed E-state index contributed by atoms with van der Waals surface area (Å²) in [6, 6.07) is 4.05. The first-order valence-electron chi connectivity index (χ1n) is 7.63. The molecule has 0 aliphatic carbocycles. The highest BCUT2D eigenvalue weighted by molar-refractivity contribution is 5.94. The Hall–Kier alpha value is -2.48. The Kier molecular flexibility index (Phi) is 4.48. The Morgan fingerprint density at radius 3 is 2.83 bits per heavy atom. The van der Waals surface area contributed by atoms with Crippen molar-refractivity contribution >= 4 is 5.91 Å². The number of halogens is 1. The fourth-order valence-corrected chi connectivity index (χ4v) is 2.76. The second-order valence-electron chi connectivity index (χ2n) is 5.78. The number of likely N-dealkylation sites (N-methyl/N-ethyl adjacent to an activating group) is 1. The minimum Gasteiger partial charge on any atom is -0.494 e. The third-order valence-corrected chi connectivity index (χ3v) is 4.16. The quantitative estimate of drug-likeness (QED) is 0.850. The number of piperazine rings is 1. The SMILES string of the molecule is COc1ccc(C(=O)N2CCN(C)C(c3nc(C)no3)C2)cc1F. The normalized spacial score (nSPS) is 18.7. The molecule has 1 atom stereocenters. The van der Waals surface area contributed by atoms with Crippen LogP contribution < -0.4 is 4.74 Å². The van der Waals surface area contributed by atoms with Gasteiger partial charge in [0.25, 0.3) is 5.91 Å². The molecule has 2 heterocycles. The van der Waals surface area contributed by atoms with E-state index in [1.807, 2.05) is 7.05 Å². The fourth-order valence-electron chi connectivity index (χ4n) is 2.76. The number of hydrogen-bond donors (Lipinski definition) is 0. The molecule has 0 spiro atoms. The smallest absolute Gasteiger partial charge is 0.254 e. The van der Waals surface area contributed by atoms with E-state index in [1.54, 1.807) is 17.9 Å². The molecule has 1 unspecified atom stereocenters. The lowest BCUT2D eigenvalue weighted by atomic mass is 10.1. The number of methoxy groups -OCH3 is 1. The molecule has 7 nitrogen and oxygen atoms in total. The fraction of sp³-hybridized carbons (Fsp3) is 0.438. The number of ether oxygens (including phenoxy) is 1. The van der Waals surface area contributed by atoms with E-state index >= 15 is 0 Å². The summed E-state index contributed by atoms with van der Waals surface area (Å²) in [4.78, 5) is 20.7. The summed E-state index contributed by atoms with van der Waals surface area (Å²) in [5.74, 6) is 0.365. The molecule has 24 heavy (non-hydrogen) atoms.